The van der Waals surface area contributed by atoms with E-state index in [4.69, 9.17) is 4.84 Å². The molecular weight excluding hydrogens is 247 g/mol. The number of hydrogen-bond acceptors (Lipinski definition) is 2. The molecule has 1 saturated carbocycles. The van der Waals surface area contributed by atoms with Crippen molar-refractivity contribution < 1.29 is 22.8 Å². The molecule has 0 aromatic rings. The molecule has 6 heteroatoms. The zero-order valence-electron chi connectivity index (χ0n) is 10.9. The van der Waals surface area contributed by atoms with Crippen LogP contribution in [0.25, 0.3) is 0 Å². The highest BCUT2D eigenvalue weighted by molar-refractivity contribution is 5.77. The number of alkyl halides is 3. The fraction of sp³-hybridized carbons (Fsp3) is 0.917. The first-order chi connectivity index (χ1) is 8.09. The smallest absolute Gasteiger partial charge is 0.272 e. The minimum atomic E-state index is -4.14. The highest BCUT2D eigenvalue weighted by atomic mass is 19.4. The lowest BCUT2D eigenvalue weighted by molar-refractivity contribution is -0.186. The van der Waals surface area contributed by atoms with Crippen LogP contribution in [0, 0.1) is 11.8 Å². The van der Waals surface area contributed by atoms with Crippen LogP contribution in [0.3, 0.4) is 0 Å². The van der Waals surface area contributed by atoms with Crippen LogP contribution >= 0.6 is 0 Å². The van der Waals surface area contributed by atoms with Gasteiger partial charge in [0, 0.05) is 5.92 Å². The lowest BCUT2D eigenvalue weighted by atomic mass is 9.81. The van der Waals surface area contributed by atoms with Crippen LogP contribution in [-0.2, 0) is 9.63 Å². The van der Waals surface area contributed by atoms with E-state index in [2.05, 4.69) is 5.48 Å². The van der Waals surface area contributed by atoms with E-state index >= 15 is 0 Å². The Morgan fingerprint density at radius 2 is 1.61 bits per heavy atom. The van der Waals surface area contributed by atoms with Gasteiger partial charge < -0.3 is 0 Å². The summed E-state index contributed by atoms with van der Waals surface area (Å²) in [5.74, 6) is -1.94. The fourth-order valence-electron chi connectivity index (χ4n) is 1.97. The van der Waals surface area contributed by atoms with Gasteiger partial charge in [0.25, 0.3) is 0 Å². The third-order valence-corrected chi connectivity index (χ3v) is 3.02. The van der Waals surface area contributed by atoms with Gasteiger partial charge in [-0.25, -0.2) is 5.48 Å². The predicted octanol–water partition coefficient (Wildman–Crippen LogP) is 3.20. The lowest BCUT2D eigenvalue weighted by Crippen LogP contribution is -2.39. The fourth-order valence-corrected chi connectivity index (χ4v) is 1.97. The summed E-state index contributed by atoms with van der Waals surface area (Å²) in [4.78, 5) is 16.8. The maximum absolute atomic E-state index is 12.4. The second kappa shape index (κ2) is 5.47. The topological polar surface area (TPSA) is 38.3 Å². The summed E-state index contributed by atoms with van der Waals surface area (Å²) in [5, 5.41) is 0. The van der Waals surface area contributed by atoms with Crippen LogP contribution in [-0.4, -0.2) is 17.7 Å². The summed E-state index contributed by atoms with van der Waals surface area (Å²) in [6, 6.07) is 0. The second-order valence-electron chi connectivity index (χ2n) is 5.77. The van der Waals surface area contributed by atoms with E-state index in [0.29, 0.717) is 0 Å². The molecule has 0 saturated heterocycles. The van der Waals surface area contributed by atoms with E-state index in [1.54, 1.807) is 20.8 Å². The minimum absolute atomic E-state index is 0.0249. The number of rotatable bonds is 2. The molecule has 0 atom stereocenters. The first kappa shape index (κ1) is 15.3. The molecule has 0 aliphatic heterocycles. The molecule has 0 aromatic carbocycles. The number of carbonyl (C=O) groups excluding carboxylic acids is 1. The molecule has 0 radical (unpaired) electrons. The van der Waals surface area contributed by atoms with Crippen LogP contribution in [0.4, 0.5) is 13.2 Å². The van der Waals surface area contributed by atoms with Crippen molar-refractivity contribution in [3.05, 3.63) is 0 Å². The number of amides is 1. The molecule has 0 unspecified atom stereocenters. The third kappa shape index (κ3) is 4.84. The highest BCUT2D eigenvalue weighted by Crippen LogP contribution is 2.39. The Kier molecular flexibility index (Phi) is 4.64. The van der Waals surface area contributed by atoms with Crippen LogP contribution < -0.4 is 5.48 Å². The Bertz CT molecular complexity index is 289. The molecule has 0 aromatic heterocycles. The van der Waals surface area contributed by atoms with E-state index in [1.807, 2.05) is 0 Å². The van der Waals surface area contributed by atoms with Crippen LogP contribution in [0.5, 0.6) is 0 Å². The zero-order valence-corrected chi connectivity index (χ0v) is 10.9. The molecular formula is C12H20F3NO2. The normalized spacial score (nSPS) is 25.9. The summed E-state index contributed by atoms with van der Waals surface area (Å²) in [6.45, 7) is 5.36. The summed E-state index contributed by atoms with van der Waals surface area (Å²) in [6.07, 6.45) is -3.55. The molecule has 3 nitrogen and oxygen atoms in total. The Hall–Kier alpha value is -0.780. The molecule has 0 spiro atoms. The Balaban J connectivity index is 2.37. The minimum Gasteiger partial charge on any atom is -0.272 e. The van der Waals surface area contributed by atoms with Gasteiger partial charge in [-0.15, -0.1) is 0 Å². The number of carbonyl (C=O) groups is 1. The molecule has 1 aliphatic rings. The van der Waals surface area contributed by atoms with E-state index in [-0.39, 0.29) is 37.5 Å². The summed E-state index contributed by atoms with van der Waals surface area (Å²) in [7, 11) is 0. The maximum atomic E-state index is 12.4. The molecule has 0 heterocycles. The van der Waals surface area contributed by atoms with Gasteiger partial charge in [0.05, 0.1) is 11.5 Å². The molecule has 1 amide bonds. The standard InChI is InChI=1S/C12H20F3NO2/c1-11(2,3)18-16-10(17)8-4-6-9(7-5-8)12(13,14)15/h8-9H,4-7H2,1-3H3,(H,16,17). The van der Waals surface area contributed by atoms with Gasteiger partial charge in [-0.05, 0) is 46.5 Å². The second-order valence-corrected chi connectivity index (χ2v) is 5.77. The summed E-state index contributed by atoms with van der Waals surface area (Å²) < 4.78 is 37.3. The Labute approximate surface area is 105 Å². The van der Waals surface area contributed by atoms with Crippen molar-refractivity contribution in [2.75, 3.05) is 0 Å². The van der Waals surface area contributed by atoms with Gasteiger partial charge in [-0.1, -0.05) is 0 Å². The van der Waals surface area contributed by atoms with Gasteiger partial charge in [0.15, 0.2) is 0 Å². The van der Waals surface area contributed by atoms with E-state index < -0.39 is 17.7 Å². The molecule has 106 valence electrons. The predicted molar refractivity (Wildman–Crippen MR) is 60.5 cm³/mol. The average molecular weight is 267 g/mol. The molecule has 1 N–H and O–H groups in total. The van der Waals surface area contributed by atoms with Gasteiger partial charge >= 0.3 is 6.18 Å². The van der Waals surface area contributed by atoms with Gasteiger partial charge in [-0.3, -0.25) is 9.63 Å². The van der Waals surface area contributed by atoms with Crippen molar-refractivity contribution in [1.82, 2.24) is 5.48 Å². The summed E-state index contributed by atoms with van der Waals surface area (Å²) >= 11 is 0. The molecule has 0 bridgehead atoms. The molecule has 18 heavy (non-hydrogen) atoms. The summed E-state index contributed by atoms with van der Waals surface area (Å²) in [5.41, 5.74) is 1.82. The van der Waals surface area contributed by atoms with E-state index in [9.17, 15) is 18.0 Å². The van der Waals surface area contributed by atoms with Crippen LogP contribution in [0.1, 0.15) is 46.5 Å². The van der Waals surface area contributed by atoms with Gasteiger partial charge in [-0.2, -0.15) is 13.2 Å². The number of nitrogens with one attached hydrogen (secondary N) is 1. The van der Waals surface area contributed by atoms with E-state index in [0.717, 1.165) is 0 Å². The van der Waals surface area contributed by atoms with Crippen LogP contribution in [0.2, 0.25) is 0 Å². The zero-order chi connectivity index (χ0) is 14.0. The largest absolute Gasteiger partial charge is 0.391 e. The first-order valence-corrected chi connectivity index (χ1v) is 6.14. The van der Waals surface area contributed by atoms with Crippen molar-refractivity contribution >= 4 is 5.91 Å². The van der Waals surface area contributed by atoms with Crippen molar-refractivity contribution in [3.8, 4) is 0 Å². The monoisotopic (exact) mass is 267 g/mol. The first-order valence-electron chi connectivity index (χ1n) is 6.14. The highest BCUT2D eigenvalue weighted by Gasteiger charge is 2.42. The van der Waals surface area contributed by atoms with Gasteiger partial charge in [0.1, 0.15) is 0 Å². The SMILES string of the molecule is CC(C)(C)ONC(=O)C1CCC(C(F)(F)F)CC1. The van der Waals surface area contributed by atoms with Crippen molar-refractivity contribution in [2.45, 2.75) is 58.2 Å². The number of halogens is 3. The van der Waals surface area contributed by atoms with Crippen molar-refractivity contribution in [3.63, 3.8) is 0 Å². The molecule has 1 rings (SSSR count). The third-order valence-electron chi connectivity index (χ3n) is 3.02. The Morgan fingerprint density at radius 1 is 1.11 bits per heavy atom. The van der Waals surface area contributed by atoms with Gasteiger partial charge in [0.2, 0.25) is 5.91 Å². The lowest BCUT2D eigenvalue weighted by Gasteiger charge is -2.29. The van der Waals surface area contributed by atoms with Crippen LogP contribution in [0.15, 0.2) is 0 Å². The number of hydroxylamine groups is 1. The quantitative estimate of drug-likeness (QED) is 0.780. The van der Waals surface area contributed by atoms with Crippen molar-refractivity contribution in [2.24, 2.45) is 11.8 Å². The molecule has 1 aliphatic carbocycles. The maximum Gasteiger partial charge on any atom is 0.391 e. The van der Waals surface area contributed by atoms with E-state index in [1.165, 1.54) is 0 Å². The number of hydrogen-bond donors (Lipinski definition) is 1. The Morgan fingerprint density at radius 3 is 2.00 bits per heavy atom. The molecule has 1 fully saturated rings. The van der Waals surface area contributed by atoms with Crippen molar-refractivity contribution in [1.29, 1.82) is 0 Å². The average Bonchev–Trinajstić information content (AvgIpc) is 2.24.